The van der Waals surface area contributed by atoms with E-state index in [0.717, 1.165) is 28.9 Å². The number of urea groups is 1. The topological polar surface area (TPSA) is 115 Å². The largest absolute Gasteiger partial charge is 0.497 e. The Morgan fingerprint density at radius 1 is 1.03 bits per heavy atom. The first-order valence-corrected chi connectivity index (χ1v) is 12.7. The molecule has 1 heterocycles. The number of methoxy groups -OCH3 is 1. The molecule has 3 rings (SSSR count). The molecule has 0 bridgehead atoms. The van der Waals surface area contributed by atoms with Crippen molar-refractivity contribution in [2.75, 3.05) is 38.7 Å². The van der Waals surface area contributed by atoms with E-state index in [-0.39, 0.29) is 25.6 Å². The van der Waals surface area contributed by atoms with E-state index in [0.29, 0.717) is 24.5 Å². The maximum Gasteiger partial charge on any atom is 0.325 e. The Bertz CT molecular complexity index is 1220. The number of unbranched alkanes of at least 4 members (excludes halogenated alkanes) is 1. The van der Waals surface area contributed by atoms with Crippen LogP contribution >= 0.6 is 0 Å². The van der Waals surface area contributed by atoms with Gasteiger partial charge in [0, 0.05) is 12.1 Å². The molecule has 0 spiro atoms. The summed E-state index contributed by atoms with van der Waals surface area (Å²) >= 11 is 0. The van der Waals surface area contributed by atoms with Gasteiger partial charge in [0.15, 0.2) is 0 Å². The van der Waals surface area contributed by atoms with Crippen LogP contribution in [0.1, 0.15) is 32.4 Å². The normalized spacial score (nSPS) is 10.5. The highest BCUT2D eigenvalue weighted by Crippen LogP contribution is 2.33. The number of carbonyl (C=O) groups excluding carboxylic acids is 3. The van der Waals surface area contributed by atoms with E-state index in [2.05, 4.69) is 10.6 Å². The van der Waals surface area contributed by atoms with Crippen LogP contribution in [0.2, 0.25) is 0 Å². The van der Waals surface area contributed by atoms with Crippen molar-refractivity contribution in [3.8, 4) is 22.6 Å². The van der Waals surface area contributed by atoms with Gasteiger partial charge in [-0.3, -0.25) is 9.59 Å². The van der Waals surface area contributed by atoms with Gasteiger partial charge in [0.2, 0.25) is 5.91 Å². The summed E-state index contributed by atoms with van der Waals surface area (Å²) in [5.41, 5.74) is 3.15. The van der Waals surface area contributed by atoms with Gasteiger partial charge in [0.1, 0.15) is 24.7 Å². The number of rotatable bonds is 12. The number of hydrogen-bond acceptors (Lipinski definition) is 6. The van der Waals surface area contributed by atoms with Gasteiger partial charge in [-0.25, -0.2) is 9.48 Å². The standard InChI is InChI=1S/C28H35N5O5/c1-5-7-17-32(28(36)29-18-25(35)38-6-2)19-24(34)30-27-26(21-11-9-8-10-12-21)20(3)31-33(27)22-13-15-23(37-4)16-14-22/h8-16H,5-7,17-19H2,1-4H3,(H,29,36)(H,30,34). The summed E-state index contributed by atoms with van der Waals surface area (Å²) in [6, 6.07) is 16.5. The minimum Gasteiger partial charge on any atom is -0.497 e. The van der Waals surface area contributed by atoms with Crippen molar-refractivity contribution < 1.29 is 23.9 Å². The third-order valence-corrected chi connectivity index (χ3v) is 5.79. The van der Waals surface area contributed by atoms with E-state index in [4.69, 9.17) is 14.6 Å². The molecule has 0 saturated heterocycles. The number of hydrogen-bond donors (Lipinski definition) is 2. The Balaban J connectivity index is 1.89. The molecule has 0 aliphatic heterocycles. The lowest BCUT2D eigenvalue weighted by molar-refractivity contribution is -0.141. The van der Waals surface area contributed by atoms with Crippen LogP contribution in [-0.2, 0) is 14.3 Å². The minimum atomic E-state index is -0.535. The molecule has 0 atom stereocenters. The summed E-state index contributed by atoms with van der Waals surface area (Å²) in [6.07, 6.45) is 1.54. The molecular formula is C28H35N5O5. The van der Waals surface area contributed by atoms with Crippen LogP contribution in [0, 0.1) is 6.92 Å². The number of ether oxygens (including phenoxy) is 2. The van der Waals surface area contributed by atoms with Crippen LogP contribution < -0.4 is 15.4 Å². The zero-order valence-corrected chi connectivity index (χ0v) is 22.3. The molecule has 0 radical (unpaired) electrons. The SMILES string of the molecule is CCCCN(CC(=O)Nc1c(-c2ccccc2)c(C)nn1-c1ccc(OC)cc1)C(=O)NCC(=O)OCC. The van der Waals surface area contributed by atoms with E-state index in [1.165, 1.54) is 4.90 Å². The van der Waals surface area contributed by atoms with Gasteiger partial charge < -0.3 is 25.0 Å². The predicted octanol–water partition coefficient (Wildman–Crippen LogP) is 4.17. The summed E-state index contributed by atoms with van der Waals surface area (Å²) in [5, 5.41) is 10.2. The Morgan fingerprint density at radius 3 is 2.37 bits per heavy atom. The van der Waals surface area contributed by atoms with Crippen LogP contribution in [0.5, 0.6) is 5.75 Å². The number of anilines is 1. The van der Waals surface area contributed by atoms with E-state index in [1.54, 1.807) is 18.7 Å². The van der Waals surface area contributed by atoms with Gasteiger partial charge in [-0.1, -0.05) is 43.7 Å². The van der Waals surface area contributed by atoms with Crippen LogP contribution in [0.4, 0.5) is 10.6 Å². The number of aryl methyl sites for hydroxylation is 1. The molecule has 3 amide bonds. The smallest absolute Gasteiger partial charge is 0.325 e. The second-order valence-electron chi connectivity index (χ2n) is 8.57. The molecular weight excluding hydrogens is 486 g/mol. The van der Waals surface area contributed by atoms with Crippen LogP contribution in [0.25, 0.3) is 16.8 Å². The van der Waals surface area contributed by atoms with Gasteiger partial charge >= 0.3 is 12.0 Å². The Morgan fingerprint density at radius 2 is 1.74 bits per heavy atom. The fourth-order valence-electron chi connectivity index (χ4n) is 3.92. The molecule has 1 aromatic heterocycles. The number of benzene rings is 2. The summed E-state index contributed by atoms with van der Waals surface area (Å²) in [5.74, 6) is 0.268. The third-order valence-electron chi connectivity index (χ3n) is 5.79. The average molecular weight is 522 g/mol. The molecule has 0 fully saturated rings. The zero-order chi connectivity index (χ0) is 27.5. The van der Waals surface area contributed by atoms with Gasteiger partial charge in [0.05, 0.1) is 25.1 Å². The number of aromatic nitrogens is 2. The highest BCUT2D eigenvalue weighted by Gasteiger charge is 2.23. The van der Waals surface area contributed by atoms with E-state index in [9.17, 15) is 14.4 Å². The highest BCUT2D eigenvalue weighted by atomic mass is 16.5. The van der Waals surface area contributed by atoms with E-state index < -0.39 is 12.0 Å². The Labute approximate surface area is 222 Å². The van der Waals surface area contributed by atoms with Gasteiger partial charge in [0.25, 0.3) is 0 Å². The van der Waals surface area contributed by atoms with Crippen LogP contribution in [-0.4, -0.2) is 65.9 Å². The molecule has 0 aliphatic rings. The molecule has 10 heteroatoms. The van der Waals surface area contributed by atoms with Crippen molar-refractivity contribution in [2.24, 2.45) is 0 Å². The first kappa shape index (κ1) is 28.2. The Hall–Kier alpha value is -4.34. The number of esters is 1. The second-order valence-corrected chi connectivity index (χ2v) is 8.57. The van der Waals surface area contributed by atoms with Gasteiger partial charge in [-0.2, -0.15) is 5.10 Å². The zero-order valence-electron chi connectivity index (χ0n) is 22.3. The molecule has 38 heavy (non-hydrogen) atoms. The summed E-state index contributed by atoms with van der Waals surface area (Å²) in [6.45, 7) is 5.70. The van der Waals surface area contributed by atoms with Crippen LogP contribution in [0.3, 0.4) is 0 Å². The Kier molecular flexibility index (Phi) is 10.3. The molecule has 0 aliphatic carbocycles. The summed E-state index contributed by atoms with van der Waals surface area (Å²) in [4.78, 5) is 39.2. The van der Waals surface area contributed by atoms with Crippen molar-refractivity contribution in [3.63, 3.8) is 0 Å². The first-order valence-electron chi connectivity index (χ1n) is 12.7. The highest BCUT2D eigenvalue weighted by molar-refractivity contribution is 5.98. The first-order chi connectivity index (χ1) is 18.4. The lowest BCUT2D eigenvalue weighted by Crippen LogP contribution is -2.46. The monoisotopic (exact) mass is 521 g/mol. The van der Waals surface area contributed by atoms with Crippen molar-refractivity contribution in [3.05, 3.63) is 60.3 Å². The summed E-state index contributed by atoms with van der Waals surface area (Å²) < 4.78 is 11.8. The molecule has 202 valence electrons. The van der Waals surface area contributed by atoms with Gasteiger partial charge in [-0.15, -0.1) is 0 Å². The minimum absolute atomic E-state index is 0.199. The second kappa shape index (κ2) is 13.8. The average Bonchev–Trinajstić information content (AvgIpc) is 3.25. The number of carbonyl (C=O) groups is 3. The van der Waals surface area contributed by atoms with Crippen molar-refractivity contribution in [1.82, 2.24) is 20.0 Å². The van der Waals surface area contributed by atoms with Crippen molar-refractivity contribution in [2.45, 2.75) is 33.6 Å². The fraction of sp³-hybridized carbons (Fsp3) is 0.357. The number of nitrogens with one attached hydrogen (secondary N) is 2. The van der Waals surface area contributed by atoms with Gasteiger partial charge in [-0.05, 0) is 50.1 Å². The summed E-state index contributed by atoms with van der Waals surface area (Å²) in [7, 11) is 1.60. The number of amides is 3. The van der Waals surface area contributed by atoms with Crippen LogP contribution in [0.15, 0.2) is 54.6 Å². The fourth-order valence-corrected chi connectivity index (χ4v) is 3.92. The van der Waals surface area contributed by atoms with E-state index in [1.807, 2.05) is 68.4 Å². The van der Waals surface area contributed by atoms with Crippen molar-refractivity contribution in [1.29, 1.82) is 0 Å². The lowest BCUT2D eigenvalue weighted by Gasteiger charge is -2.22. The quantitative estimate of drug-likeness (QED) is 0.346. The molecule has 2 N–H and O–H groups in total. The van der Waals surface area contributed by atoms with E-state index >= 15 is 0 Å². The molecule has 0 unspecified atom stereocenters. The third kappa shape index (κ3) is 7.34. The molecule has 3 aromatic rings. The van der Waals surface area contributed by atoms with Crippen molar-refractivity contribution >= 4 is 23.7 Å². The molecule has 10 nitrogen and oxygen atoms in total. The number of nitrogens with zero attached hydrogens (tertiary/aromatic N) is 3. The lowest BCUT2D eigenvalue weighted by atomic mass is 10.1. The predicted molar refractivity (Wildman–Crippen MR) is 145 cm³/mol. The maximum atomic E-state index is 13.3. The molecule has 0 saturated carbocycles. The molecule has 2 aromatic carbocycles. The maximum absolute atomic E-state index is 13.3.